The van der Waals surface area contributed by atoms with E-state index >= 15 is 0 Å². The molecule has 1 unspecified atom stereocenters. The molecular weight excluding hydrogens is 238 g/mol. The summed E-state index contributed by atoms with van der Waals surface area (Å²) >= 11 is 1.17. The van der Waals surface area contributed by atoms with Crippen molar-refractivity contribution in [3.8, 4) is 0 Å². The minimum atomic E-state index is -0.340. The molecule has 2 fully saturated rings. The highest BCUT2D eigenvalue weighted by Crippen LogP contribution is 2.13. The van der Waals surface area contributed by atoms with Crippen LogP contribution >= 0.6 is 24.2 Å². The van der Waals surface area contributed by atoms with E-state index in [1.165, 1.54) is 11.8 Å². The standard InChI is InChI=1S/C8H13N3O2S.ClH/c12-7(6-4-14-8(13)11-6)10-5-1-2-9-3-5;/h5-6,9H,1-4H2,(H,10,12)(H,11,13);1H/t5?,6-;/m0./s1. The van der Waals surface area contributed by atoms with Gasteiger partial charge in [0.15, 0.2) is 0 Å². The lowest BCUT2D eigenvalue weighted by Gasteiger charge is -2.14. The molecule has 15 heavy (non-hydrogen) atoms. The topological polar surface area (TPSA) is 70.2 Å². The second kappa shape index (κ2) is 5.58. The maximum Gasteiger partial charge on any atom is 0.279 e. The van der Waals surface area contributed by atoms with E-state index in [-0.39, 0.29) is 35.6 Å². The predicted octanol–water partition coefficient (Wildman–Crippen LogP) is -0.289. The van der Waals surface area contributed by atoms with Gasteiger partial charge in [0.05, 0.1) is 0 Å². The number of halogens is 1. The molecule has 2 atom stereocenters. The van der Waals surface area contributed by atoms with Crippen LogP contribution in [0.5, 0.6) is 0 Å². The lowest BCUT2D eigenvalue weighted by atomic mass is 10.2. The largest absolute Gasteiger partial charge is 0.350 e. The third-order valence-electron chi connectivity index (χ3n) is 2.40. The maximum atomic E-state index is 11.6. The summed E-state index contributed by atoms with van der Waals surface area (Å²) in [4.78, 5) is 22.4. The predicted molar refractivity (Wildman–Crippen MR) is 61.4 cm³/mol. The molecule has 5 nitrogen and oxygen atoms in total. The average molecular weight is 252 g/mol. The Morgan fingerprint density at radius 1 is 1.53 bits per heavy atom. The van der Waals surface area contributed by atoms with Gasteiger partial charge in [-0.1, -0.05) is 11.8 Å². The van der Waals surface area contributed by atoms with Gasteiger partial charge in [0.2, 0.25) is 5.91 Å². The second-order valence-corrected chi connectivity index (χ2v) is 4.49. The molecular formula is C8H14ClN3O2S. The van der Waals surface area contributed by atoms with Crippen LogP contribution in [0.3, 0.4) is 0 Å². The fourth-order valence-corrected chi connectivity index (χ4v) is 2.38. The van der Waals surface area contributed by atoms with Gasteiger partial charge >= 0.3 is 0 Å². The molecule has 0 aromatic heterocycles. The third kappa shape index (κ3) is 3.25. The Balaban J connectivity index is 0.00000112. The van der Waals surface area contributed by atoms with E-state index in [9.17, 15) is 9.59 Å². The van der Waals surface area contributed by atoms with Gasteiger partial charge in [-0.3, -0.25) is 9.59 Å². The normalized spacial score (nSPS) is 29.5. The van der Waals surface area contributed by atoms with Crippen molar-refractivity contribution in [3.05, 3.63) is 0 Å². The van der Waals surface area contributed by atoms with Gasteiger partial charge in [-0.05, 0) is 13.0 Å². The van der Waals surface area contributed by atoms with Crippen LogP contribution in [0.2, 0.25) is 0 Å². The summed E-state index contributed by atoms with van der Waals surface area (Å²) < 4.78 is 0. The van der Waals surface area contributed by atoms with E-state index in [0.29, 0.717) is 5.75 Å². The molecule has 2 aliphatic rings. The third-order valence-corrected chi connectivity index (χ3v) is 3.28. The van der Waals surface area contributed by atoms with Crippen LogP contribution in [0.1, 0.15) is 6.42 Å². The first-order valence-electron chi connectivity index (χ1n) is 4.70. The van der Waals surface area contributed by atoms with Crippen molar-refractivity contribution in [2.45, 2.75) is 18.5 Å². The molecule has 0 radical (unpaired) electrons. The van der Waals surface area contributed by atoms with Crippen molar-refractivity contribution in [3.63, 3.8) is 0 Å². The molecule has 2 aliphatic heterocycles. The highest BCUT2D eigenvalue weighted by Gasteiger charge is 2.29. The first kappa shape index (κ1) is 12.6. The summed E-state index contributed by atoms with van der Waals surface area (Å²) in [5.41, 5.74) is 0. The molecule has 0 aromatic rings. The molecule has 7 heteroatoms. The molecule has 3 N–H and O–H groups in total. The molecule has 0 bridgehead atoms. The van der Waals surface area contributed by atoms with E-state index in [4.69, 9.17) is 0 Å². The highest BCUT2D eigenvalue weighted by molar-refractivity contribution is 8.14. The number of carbonyl (C=O) groups excluding carboxylic acids is 2. The highest BCUT2D eigenvalue weighted by atomic mass is 35.5. The van der Waals surface area contributed by atoms with Gasteiger partial charge in [0, 0.05) is 18.3 Å². The van der Waals surface area contributed by atoms with Crippen molar-refractivity contribution in [1.29, 1.82) is 0 Å². The van der Waals surface area contributed by atoms with Crippen LogP contribution in [0.15, 0.2) is 0 Å². The fraction of sp³-hybridized carbons (Fsp3) is 0.750. The van der Waals surface area contributed by atoms with Crippen LogP contribution in [-0.4, -0.2) is 42.1 Å². The van der Waals surface area contributed by atoms with Crippen molar-refractivity contribution in [1.82, 2.24) is 16.0 Å². The molecule has 0 aliphatic carbocycles. The molecule has 86 valence electrons. The molecule has 2 heterocycles. The number of amides is 2. The number of nitrogens with one attached hydrogen (secondary N) is 3. The summed E-state index contributed by atoms with van der Waals surface area (Å²) in [6.45, 7) is 1.79. The number of rotatable bonds is 2. The summed E-state index contributed by atoms with van der Waals surface area (Å²) in [5, 5.41) is 8.60. The fourth-order valence-electron chi connectivity index (χ4n) is 1.61. The summed E-state index contributed by atoms with van der Waals surface area (Å²) in [7, 11) is 0. The summed E-state index contributed by atoms with van der Waals surface area (Å²) in [5.74, 6) is 0.488. The van der Waals surface area contributed by atoms with Gasteiger partial charge in [-0.15, -0.1) is 12.4 Å². The molecule has 2 rings (SSSR count). The summed E-state index contributed by atoms with van der Waals surface area (Å²) in [6.07, 6.45) is 0.972. The zero-order valence-electron chi connectivity index (χ0n) is 8.12. The van der Waals surface area contributed by atoms with Gasteiger partial charge in [0.1, 0.15) is 6.04 Å². The van der Waals surface area contributed by atoms with Crippen LogP contribution in [-0.2, 0) is 4.79 Å². The van der Waals surface area contributed by atoms with Gasteiger partial charge < -0.3 is 16.0 Å². The minimum absolute atomic E-state index is 0. The van der Waals surface area contributed by atoms with Crippen LogP contribution in [0.25, 0.3) is 0 Å². The van der Waals surface area contributed by atoms with E-state index in [2.05, 4.69) is 16.0 Å². The van der Waals surface area contributed by atoms with Gasteiger partial charge in [0.25, 0.3) is 5.24 Å². The maximum absolute atomic E-state index is 11.6. The molecule has 0 saturated carbocycles. The Kier molecular flexibility index (Phi) is 4.69. The Morgan fingerprint density at radius 2 is 2.33 bits per heavy atom. The number of hydrogen-bond acceptors (Lipinski definition) is 4. The molecule has 2 amide bonds. The van der Waals surface area contributed by atoms with Crippen LogP contribution < -0.4 is 16.0 Å². The van der Waals surface area contributed by atoms with E-state index in [0.717, 1.165) is 19.5 Å². The average Bonchev–Trinajstić information content (AvgIpc) is 2.75. The van der Waals surface area contributed by atoms with Crippen molar-refractivity contribution < 1.29 is 9.59 Å². The molecule has 0 aromatic carbocycles. The number of carbonyl (C=O) groups is 2. The lowest BCUT2D eigenvalue weighted by Crippen LogP contribution is -2.47. The second-order valence-electron chi connectivity index (χ2n) is 3.49. The zero-order valence-corrected chi connectivity index (χ0v) is 9.75. The Hall–Kier alpha value is -0.460. The quantitative estimate of drug-likeness (QED) is 0.631. The zero-order chi connectivity index (χ0) is 9.97. The Bertz CT molecular complexity index is 258. The summed E-state index contributed by atoms with van der Waals surface area (Å²) in [6, 6.07) is -0.113. The van der Waals surface area contributed by atoms with Crippen molar-refractivity contribution in [2.24, 2.45) is 0 Å². The van der Waals surface area contributed by atoms with Crippen molar-refractivity contribution in [2.75, 3.05) is 18.8 Å². The first-order chi connectivity index (χ1) is 6.75. The first-order valence-corrected chi connectivity index (χ1v) is 5.68. The number of thioether (sulfide) groups is 1. The van der Waals surface area contributed by atoms with E-state index < -0.39 is 0 Å². The lowest BCUT2D eigenvalue weighted by molar-refractivity contribution is -0.122. The van der Waals surface area contributed by atoms with Gasteiger partial charge in [-0.25, -0.2) is 0 Å². The minimum Gasteiger partial charge on any atom is -0.350 e. The Labute approximate surface area is 98.5 Å². The monoisotopic (exact) mass is 251 g/mol. The van der Waals surface area contributed by atoms with Crippen LogP contribution in [0.4, 0.5) is 4.79 Å². The Morgan fingerprint density at radius 3 is 2.87 bits per heavy atom. The van der Waals surface area contributed by atoms with E-state index in [1.54, 1.807) is 0 Å². The number of hydrogen-bond donors (Lipinski definition) is 3. The van der Waals surface area contributed by atoms with E-state index in [1.807, 2.05) is 0 Å². The van der Waals surface area contributed by atoms with Gasteiger partial charge in [-0.2, -0.15) is 0 Å². The SMILES string of the molecule is Cl.O=C1N[C@H](C(=O)NC2CCNC2)CS1. The smallest absolute Gasteiger partial charge is 0.279 e. The van der Waals surface area contributed by atoms with Crippen LogP contribution in [0, 0.1) is 0 Å². The molecule has 2 saturated heterocycles. The van der Waals surface area contributed by atoms with Crippen molar-refractivity contribution >= 4 is 35.3 Å². The molecule has 0 spiro atoms.